The first-order valence-electron chi connectivity index (χ1n) is 4.27. The van der Waals surface area contributed by atoms with Crippen molar-refractivity contribution in [2.75, 3.05) is 6.54 Å². The van der Waals surface area contributed by atoms with Gasteiger partial charge in [-0.1, -0.05) is 0 Å². The molecule has 1 aliphatic rings. The highest BCUT2D eigenvalue weighted by atomic mass is 32.2. The van der Waals surface area contributed by atoms with Gasteiger partial charge in [-0.2, -0.15) is 0 Å². The molecular weight excluding hydrogens is 176 g/mol. The Balaban J connectivity index is 2.38. The normalized spacial score (nSPS) is 20.8. The van der Waals surface area contributed by atoms with Crippen LogP contribution >= 0.6 is 0 Å². The fourth-order valence-electron chi connectivity index (χ4n) is 1.06. The minimum absolute atomic E-state index is 0.0272. The zero-order valence-electron chi connectivity index (χ0n) is 7.29. The van der Waals surface area contributed by atoms with Crippen molar-refractivity contribution < 1.29 is 8.42 Å². The van der Waals surface area contributed by atoms with Crippen LogP contribution < -0.4 is 10.5 Å². The third kappa shape index (κ3) is 2.73. The summed E-state index contributed by atoms with van der Waals surface area (Å²) in [4.78, 5) is 0. The first-order valence-corrected chi connectivity index (χ1v) is 5.82. The number of hydrogen-bond acceptors (Lipinski definition) is 3. The number of hydrogen-bond donors (Lipinski definition) is 2. The van der Waals surface area contributed by atoms with Gasteiger partial charge in [-0.3, -0.25) is 0 Å². The van der Waals surface area contributed by atoms with E-state index in [1.54, 1.807) is 0 Å². The predicted octanol–water partition coefficient (Wildman–Crippen LogP) is -0.194. The molecule has 1 rings (SSSR count). The maximum absolute atomic E-state index is 11.3. The first-order chi connectivity index (χ1) is 5.56. The molecule has 0 bridgehead atoms. The molecule has 0 radical (unpaired) electrons. The maximum atomic E-state index is 11.3. The van der Waals surface area contributed by atoms with Crippen LogP contribution in [0.4, 0.5) is 0 Å². The molecule has 1 unspecified atom stereocenters. The summed E-state index contributed by atoms with van der Waals surface area (Å²) in [5, 5.41) is -0.127. The van der Waals surface area contributed by atoms with E-state index in [0.29, 0.717) is 13.0 Å². The van der Waals surface area contributed by atoms with Gasteiger partial charge in [0.05, 0.1) is 5.25 Å². The Morgan fingerprint density at radius 2 is 2.17 bits per heavy atom. The van der Waals surface area contributed by atoms with Crippen LogP contribution in [0.2, 0.25) is 0 Å². The van der Waals surface area contributed by atoms with E-state index in [2.05, 4.69) is 4.72 Å². The number of rotatable bonds is 5. The Hall–Kier alpha value is -0.130. The van der Waals surface area contributed by atoms with E-state index in [1.165, 1.54) is 0 Å². The molecule has 3 N–H and O–H groups in total. The first kappa shape index (κ1) is 9.95. The van der Waals surface area contributed by atoms with Crippen molar-refractivity contribution >= 4 is 10.0 Å². The highest BCUT2D eigenvalue weighted by molar-refractivity contribution is 7.90. The van der Waals surface area contributed by atoms with Crippen molar-refractivity contribution in [3.05, 3.63) is 0 Å². The summed E-state index contributed by atoms with van der Waals surface area (Å²) in [5.74, 6) is 0. The lowest BCUT2D eigenvalue weighted by Crippen LogP contribution is -2.36. The van der Waals surface area contributed by atoms with Crippen LogP contribution in [0.5, 0.6) is 0 Å². The van der Waals surface area contributed by atoms with Crippen LogP contribution in [-0.4, -0.2) is 26.3 Å². The molecule has 0 aromatic heterocycles. The maximum Gasteiger partial charge on any atom is 0.214 e. The molecule has 72 valence electrons. The van der Waals surface area contributed by atoms with Gasteiger partial charge in [0.25, 0.3) is 0 Å². The summed E-state index contributed by atoms with van der Waals surface area (Å²) < 4.78 is 25.3. The smallest absolute Gasteiger partial charge is 0.214 e. The summed E-state index contributed by atoms with van der Waals surface area (Å²) in [6.07, 6.45) is 2.32. The quantitative estimate of drug-likeness (QED) is 0.634. The van der Waals surface area contributed by atoms with Gasteiger partial charge in [0.1, 0.15) is 0 Å². The Labute approximate surface area is 73.6 Å². The standard InChI is InChI=1S/C7H16N2O2S/c1-6(4-5-8)9-12(10,11)7-2-3-7/h6-7,9H,2-5,8H2,1H3. The average Bonchev–Trinajstić information content (AvgIpc) is 2.65. The number of sulfonamides is 1. The molecule has 0 aromatic rings. The molecule has 1 fully saturated rings. The molecule has 4 nitrogen and oxygen atoms in total. The van der Waals surface area contributed by atoms with Crippen molar-refractivity contribution in [1.29, 1.82) is 0 Å². The molecule has 12 heavy (non-hydrogen) atoms. The van der Waals surface area contributed by atoms with E-state index in [9.17, 15) is 8.42 Å². The van der Waals surface area contributed by atoms with Crippen LogP contribution in [0.25, 0.3) is 0 Å². The minimum Gasteiger partial charge on any atom is -0.330 e. The summed E-state index contributed by atoms with van der Waals surface area (Å²) in [6.45, 7) is 2.36. The lowest BCUT2D eigenvalue weighted by molar-refractivity contribution is 0.548. The van der Waals surface area contributed by atoms with Gasteiger partial charge >= 0.3 is 0 Å². The number of nitrogens with two attached hydrogens (primary N) is 1. The van der Waals surface area contributed by atoms with Crippen molar-refractivity contribution in [3.63, 3.8) is 0 Å². The third-order valence-electron chi connectivity index (χ3n) is 1.93. The van der Waals surface area contributed by atoms with Gasteiger partial charge < -0.3 is 5.73 Å². The van der Waals surface area contributed by atoms with Crippen molar-refractivity contribution in [2.24, 2.45) is 5.73 Å². The van der Waals surface area contributed by atoms with Gasteiger partial charge in [-0.15, -0.1) is 0 Å². The summed E-state index contributed by atoms with van der Waals surface area (Å²) in [6, 6.07) is -0.0272. The van der Waals surface area contributed by atoms with Crippen LogP contribution in [-0.2, 0) is 10.0 Å². The van der Waals surface area contributed by atoms with Gasteiger partial charge in [0, 0.05) is 6.04 Å². The topological polar surface area (TPSA) is 72.2 Å². The van der Waals surface area contributed by atoms with Crippen LogP contribution in [0.3, 0.4) is 0 Å². The monoisotopic (exact) mass is 192 g/mol. The van der Waals surface area contributed by atoms with E-state index in [-0.39, 0.29) is 11.3 Å². The van der Waals surface area contributed by atoms with E-state index in [1.807, 2.05) is 6.92 Å². The zero-order chi connectivity index (χ0) is 9.19. The molecule has 0 saturated heterocycles. The number of nitrogens with one attached hydrogen (secondary N) is 1. The van der Waals surface area contributed by atoms with E-state index < -0.39 is 10.0 Å². The van der Waals surface area contributed by atoms with Crippen LogP contribution in [0, 0.1) is 0 Å². The van der Waals surface area contributed by atoms with Gasteiger partial charge in [-0.25, -0.2) is 13.1 Å². The van der Waals surface area contributed by atoms with E-state index in [4.69, 9.17) is 5.73 Å². The lowest BCUT2D eigenvalue weighted by Gasteiger charge is -2.11. The summed E-state index contributed by atoms with van der Waals surface area (Å²) in [7, 11) is -3.01. The molecule has 0 heterocycles. The van der Waals surface area contributed by atoms with Gasteiger partial charge in [-0.05, 0) is 32.7 Å². The lowest BCUT2D eigenvalue weighted by atomic mass is 10.3. The second kappa shape index (κ2) is 3.72. The summed E-state index contributed by atoms with van der Waals surface area (Å²) >= 11 is 0. The molecule has 5 heteroatoms. The van der Waals surface area contributed by atoms with Crippen molar-refractivity contribution in [3.8, 4) is 0 Å². The molecular formula is C7H16N2O2S. The second-order valence-electron chi connectivity index (χ2n) is 3.34. The van der Waals surface area contributed by atoms with Gasteiger partial charge in [0.15, 0.2) is 0 Å². The molecule has 0 spiro atoms. The Kier molecular flexibility index (Phi) is 3.09. The average molecular weight is 192 g/mol. The van der Waals surface area contributed by atoms with Crippen molar-refractivity contribution in [1.82, 2.24) is 4.72 Å². The van der Waals surface area contributed by atoms with Crippen molar-refractivity contribution in [2.45, 2.75) is 37.5 Å². The molecule has 0 amide bonds. The Morgan fingerprint density at radius 1 is 1.58 bits per heavy atom. The molecule has 0 aromatic carbocycles. The molecule has 1 saturated carbocycles. The van der Waals surface area contributed by atoms with E-state index in [0.717, 1.165) is 12.8 Å². The SMILES string of the molecule is CC(CCN)NS(=O)(=O)C1CC1. The predicted molar refractivity (Wildman–Crippen MR) is 48.2 cm³/mol. The third-order valence-corrected chi connectivity index (χ3v) is 4.01. The minimum atomic E-state index is -3.01. The fourth-order valence-corrected chi connectivity index (χ4v) is 2.69. The molecule has 0 aliphatic heterocycles. The highest BCUT2D eigenvalue weighted by Gasteiger charge is 2.36. The van der Waals surface area contributed by atoms with Gasteiger partial charge in [0.2, 0.25) is 10.0 Å². The molecule has 1 aliphatic carbocycles. The Bertz CT molecular complexity index is 234. The van der Waals surface area contributed by atoms with Crippen LogP contribution in [0.1, 0.15) is 26.2 Å². The molecule has 1 atom stereocenters. The zero-order valence-corrected chi connectivity index (χ0v) is 8.10. The Morgan fingerprint density at radius 3 is 2.58 bits per heavy atom. The highest BCUT2D eigenvalue weighted by Crippen LogP contribution is 2.27. The largest absolute Gasteiger partial charge is 0.330 e. The van der Waals surface area contributed by atoms with Crippen LogP contribution in [0.15, 0.2) is 0 Å². The fraction of sp³-hybridized carbons (Fsp3) is 1.00. The second-order valence-corrected chi connectivity index (χ2v) is 5.33. The van der Waals surface area contributed by atoms with E-state index >= 15 is 0 Å². The summed E-state index contributed by atoms with van der Waals surface area (Å²) in [5.41, 5.74) is 5.31.